The van der Waals surface area contributed by atoms with E-state index >= 15 is 0 Å². The van der Waals surface area contributed by atoms with Crippen LogP contribution >= 0.6 is 46.1 Å². The second kappa shape index (κ2) is 6.63. The predicted molar refractivity (Wildman–Crippen MR) is 82.6 cm³/mol. The van der Waals surface area contributed by atoms with E-state index in [-0.39, 0.29) is 22.2 Å². The maximum Gasteiger partial charge on any atom is 0.262 e. The molecule has 106 valence electrons. The largest absolute Gasteiger partial charge is 0.494 e. The molecular formula is C12H9Cl3N2O2S. The van der Waals surface area contributed by atoms with Crippen LogP contribution < -0.4 is 10.1 Å². The van der Waals surface area contributed by atoms with Crippen LogP contribution in [-0.4, -0.2) is 18.0 Å². The van der Waals surface area contributed by atoms with E-state index in [1.165, 1.54) is 24.5 Å². The summed E-state index contributed by atoms with van der Waals surface area (Å²) in [6, 6.07) is 3.10. The zero-order valence-electron chi connectivity index (χ0n) is 10.2. The first kappa shape index (κ1) is 15.4. The molecule has 8 heteroatoms. The lowest BCUT2D eigenvalue weighted by atomic mass is 10.2. The summed E-state index contributed by atoms with van der Waals surface area (Å²) in [7, 11) is 1.42. The Bertz CT molecular complexity index is 646. The number of aromatic nitrogens is 1. The minimum atomic E-state index is -0.440. The van der Waals surface area contributed by atoms with Crippen molar-refractivity contribution in [3.63, 3.8) is 0 Å². The number of nitrogens with one attached hydrogen (secondary N) is 1. The standard InChI is InChI=1S/C12H9Cl3N2O2S/c1-19-10-8(15)3-2-7(14)9(10)11(18)17-12-16-6(4-13)5-20-12/h2-3,5H,4H2,1H3,(H,16,17,18). The first-order valence-electron chi connectivity index (χ1n) is 5.40. The predicted octanol–water partition coefficient (Wildman–Crippen LogP) is 4.45. The highest BCUT2D eigenvalue weighted by Gasteiger charge is 2.20. The lowest BCUT2D eigenvalue weighted by Gasteiger charge is -2.11. The summed E-state index contributed by atoms with van der Waals surface area (Å²) in [4.78, 5) is 16.4. The second-order valence-electron chi connectivity index (χ2n) is 3.67. The molecule has 4 nitrogen and oxygen atoms in total. The number of anilines is 1. The average molecular weight is 352 g/mol. The molecule has 0 aliphatic rings. The molecule has 0 unspecified atom stereocenters. The van der Waals surface area contributed by atoms with Gasteiger partial charge in [-0.15, -0.1) is 22.9 Å². The van der Waals surface area contributed by atoms with Crippen molar-refractivity contribution in [3.05, 3.63) is 38.8 Å². The molecule has 1 amide bonds. The molecule has 1 aromatic carbocycles. The van der Waals surface area contributed by atoms with Crippen LogP contribution in [-0.2, 0) is 5.88 Å². The summed E-state index contributed by atoms with van der Waals surface area (Å²) in [6.07, 6.45) is 0. The van der Waals surface area contributed by atoms with Crippen LogP contribution in [0.5, 0.6) is 5.75 Å². The maximum absolute atomic E-state index is 12.3. The Kier molecular flexibility index (Phi) is 5.10. The topological polar surface area (TPSA) is 51.2 Å². The molecule has 0 atom stereocenters. The molecule has 0 bridgehead atoms. The normalized spacial score (nSPS) is 10.4. The van der Waals surface area contributed by atoms with Crippen molar-refractivity contribution in [2.75, 3.05) is 12.4 Å². The van der Waals surface area contributed by atoms with Crippen LogP contribution in [0.3, 0.4) is 0 Å². The Labute approximate surface area is 134 Å². The number of benzene rings is 1. The number of alkyl halides is 1. The number of ether oxygens (including phenoxy) is 1. The minimum Gasteiger partial charge on any atom is -0.494 e. The van der Waals surface area contributed by atoms with Crippen LogP contribution in [0.25, 0.3) is 0 Å². The fraction of sp³-hybridized carbons (Fsp3) is 0.167. The van der Waals surface area contributed by atoms with Crippen LogP contribution in [0.4, 0.5) is 5.13 Å². The number of rotatable bonds is 4. The molecule has 2 aromatic rings. The van der Waals surface area contributed by atoms with E-state index in [0.717, 1.165) is 0 Å². The SMILES string of the molecule is COc1c(Cl)ccc(Cl)c1C(=O)Nc1nc(CCl)cs1. The number of halogens is 3. The van der Waals surface area contributed by atoms with Gasteiger partial charge in [-0.05, 0) is 12.1 Å². The lowest BCUT2D eigenvalue weighted by Crippen LogP contribution is -2.14. The average Bonchev–Trinajstić information content (AvgIpc) is 2.88. The van der Waals surface area contributed by atoms with E-state index in [2.05, 4.69) is 10.3 Å². The zero-order chi connectivity index (χ0) is 14.7. The third kappa shape index (κ3) is 3.17. The fourth-order valence-electron chi connectivity index (χ4n) is 1.53. The highest BCUT2D eigenvalue weighted by atomic mass is 35.5. The van der Waals surface area contributed by atoms with Gasteiger partial charge in [0.15, 0.2) is 10.9 Å². The van der Waals surface area contributed by atoms with Gasteiger partial charge in [0.2, 0.25) is 0 Å². The second-order valence-corrected chi connectivity index (χ2v) is 5.61. The van der Waals surface area contributed by atoms with E-state index < -0.39 is 5.91 Å². The molecule has 1 N–H and O–H groups in total. The summed E-state index contributed by atoms with van der Waals surface area (Å²) in [6.45, 7) is 0. The molecule has 0 saturated carbocycles. The number of carbonyl (C=O) groups is 1. The van der Waals surface area contributed by atoms with Gasteiger partial charge in [0.1, 0.15) is 5.56 Å². The number of carbonyl (C=O) groups excluding carboxylic acids is 1. The van der Waals surface area contributed by atoms with Gasteiger partial charge in [0.05, 0.1) is 28.7 Å². The number of amides is 1. The fourth-order valence-corrected chi connectivity index (χ4v) is 2.93. The van der Waals surface area contributed by atoms with Crippen molar-refractivity contribution in [3.8, 4) is 5.75 Å². The Morgan fingerprint density at radius 3 is 2.70 bits per heavy atom. The first-order valence-corrected chi connectivity index (χ1v) is 7.57. The van der Waals surface area contributed by atoms with E-state index in [0.29, 0.717) is 15.8 Å². The molecule has 0 aliphatic heterocycles. The molecule has 0 saturated heterocycles. The summed E-state index contributed by atoms with van der Waals surface area (Å²) < 4.78 is 5.13. The van der Waals surface area contributed by atoms with Gasteiger partial charge >= 0.3 is 0 Å². The minimum absolute atomic E-state index is 0.171. The van der Waals surface area contributed by atoms with Gasteiger partial charge in [-0.3, -0.25) is 10.1 Å². The van der Waals surface area contributed by atoms with Gasteiger partial charge in [-0.25, -0.2) is 4.98 Å². The van der Waals surface area contributed by atoms with Crippen LogP contribution in [0.1, 0.15) is 16.1 Å². The number of hydrogen-bond acceptors (Lipinski definition) is 4. The highest BCUT2D eigenvalue weighted by molar-refractivity contribution is 7.14. The van der Waals surface area contributed by atoms with Gasteiger partial charge in [-0.1, -0.05) is 23.2 Å². The molecule has 1 heterocycles. The third-order valence-corrected chi connectivity index (χ3v) is 4.09. The molecule has 2 rings (SSSR count). The first-order chi connectivity index (χ1) is 9.56. The van der Waals surface area contributed by atoms with Crippen molar-refractivity contribution in [1.82, 2.24) is 4.98 Å². The Morgan fingerprint density at radius 2 is 2.10 bits per heavy atom. The van der Waals surface area contributed by atoms with Crippen molar-refractivity contribution >= 4 is 57.2 Å². The third-order valence-electron chi connectivity index (χ3n) is 2.40. The van der Waals surface area contributed by atoms with Gasteiger partial charge < -0.3 is 4.74 Å². The van der Waals surface area contributed by atoms with Gasteiger partial charge in [-0.2, -0.15) is 0 Å². The number of thiazole rings is 1. The Hall–Kier alpha value is -1.01. The number of methoxy groups -OCH3 is 1. The van der Waals surface area contributed by atoms with Gasteiger partial charge in [0.25, 0.3) is 5.91 Å². The molecular weight excluding hydrogens is 343 g/mol. The monoisotopic (exact) mass is 350 g/mol. The van der Waals surface area contributed by atoms with Gasteiger partial charge in [0, 0.05) is 5.38 Å². The van der Waals surface area contributed by atoms with Crippen molar-refractivity contribution in [2.24, 2.45) is 0 Å². The highest BCUT2D eigenvalue weighted by Crippen LogP contribution is 2.34. The number of nitrogens with zero attached hydrogens (tertiary/aromatic N) is 1. The van der Waals surface area contributed by atoms with E-state index in [1.807, 2.05) is 0 Å². The van der Waals surface area contributed by atoms with Crippen molar-refractivity contribution in [2.45, 2.75) is 5.88 Å². The zero-order valence-corrected chi connectivity index (χ0v) is 13.3. The lowest BCUT2D eigenvalue weighted by molar-refractivity contribution is 0.102. The molecule has 0 radical (unpaired) electrons. The smallest absolute Gasteiger partial charge is 0.262 e. The van der Waals surface area contributed by atoms with E-state index in [9.17, 15) is 4.79 Å². The summed E-state index contributed by atoms with van der Waals surface area (Å²) >= 11 is 19.0. The maximum atomic E-state index is 12.3. The Balaban J connectivity index is 2.31. The quantitative estimate of drug-likeness (QED) is 0.828. The van der Waals surface area contributed by atoms with Crippen molar-refractivity contribution in [1.29, 1.82) is 0 Å². The molecule has 1 aromatic heterocycles. The molecule has 0 spiro atoms. The molecule has 20 heavy (non-hydrogen) atoms. The molecule has 0 aliphatic carbocycles. The molecule has 0 fully saturated rings. The van der Waals surface area contributed by atoms with Crippen molar-refractivity contribution < 1.29 is 9.53 Å². The Morgan fingerprint density at radius 1 is 1.40 bits per heavy atom. The van der Waals surface area contributed by atoms with E-state index in [1.54, 1.807) is 11.4 Å². The summed E-state index contributed by atoms with van der Waals surface area (Å²) in [5.41, 5.74) is 0.861. The van der Waals surface area contributed by atoms with Crippen LogP contribution in [0.2, 0.25) is 10.0 Å². The van der Waals surface area contributed by atoms with Crippen LogP contribution in [0.15, 0.2) is 17.5 Å². The van der Waals surface area contributed by atoms with Crippen LogP contribution in [0, 0.1) is 0 Å². The summed E-state index contributed by atoms with van der Waals surface area (Å²) in [5.74, 6) is 0.0729. The number of hydrogen-bond donors (Lipinski definition) is 1. The van der Waals surface area contributed by atoms with E-state index in [4.69, 9.17) is 39.5 Å². The summed E-state index contributed by atoms with van der Waals surface area (Å²) in [5, 5.41) is 5.40.